The number of hydrogen-bond acceptors (Lipinski definition) is 3. The van der Waals surface area contributed by atoms with Crippen LogP contribution >= 0.6 is 22.6 Å². The van der Waals surface area contributed by atoms with Crippen molar-refractivity contribution in [3.05, 3.63) is 35.4 Å². The number of aliphatic imine (C=N–C) groups is 1. The Hall–Kier alpha value is -0.620. The summed E-state index contributed by atoms with van der Waals surface area (Å²) in [5.74, 6) is 1.24. The second-order valence-electron chi connectivity index (χ2n) is 6.19. The molecule has 0 bridgehead atoms. The molecular weight excluding hydrogens is 373 g/mol. The Kier molecular flexibility index (Phi) is 4.54. The van der Waals surface area contributed by atoms with Gasteiger partial charge in [0.1, 0.15) is 5.84 Å². The van der Waals surface area contributed by atoms with Crippen molar-refractivity contribution in [2.24, 2.45) is 4.99 Å². The highest BCUT2D eigenvalue weighted by Gasteiger charge is 2.40. The normalized spacial score (nSPS) is 25.9. The molecule has 0 aliphatic carbocycles. The second kappa shape index (κ2) is 6.24. The molecule has 0 amide bonds. The van der Waals surface area contributed by atoms with Gasteiger partial charge in [-0.3, -0.25) is 4.99 Å². The first-order valence-electron chi connectivity index (χ1n) is 7.89. The van der Waals surface area contributed by atoms with E-state index in [1.165, 1.54) is 23.4 Å². The molecule has 1 atom stereocenters. The van der Waals surface area contributed by atoms with Gasteiger partial charge < -0.3 is 9.80 Å². The van der Waals surface area contributed by atoms with E-state index >= 15 is 0 Å². The third kappa shape index (κ3) is 2.72. The summed E-state index contributed by atoms with van der Waals surface area (Å²) in [5, 5.41) is 0. The number of nitrogens with zero attached hydrogens (tertiary/aromatic N) is 3. The third-order valence-electron chi connectivity index (χ3n) is 4.68. The molecule has 1 saturated heterocycles. The molecule has 2 heterocycles. The van der Waals surface area contributed by atoms with Gasteiger partial charge in [-0.05, 0) is 19.0 Å². The van der Waals surface area contributed by atoms with Crippen LogP contribution in [0.1, 0.15) is 30.9 Å². The highest BCUT2D eigenvalue weighted by molar-refractivity contribution is 14.1. The number of benzene rings is 1. The lowest BCUT2D eigenvalue weighted by Crippen LogP contribution is -2.47. The predicted molar refractivity (Wildman–Crippen MR) is 97.5 cm³/mol. The van der Waals surface area contributed by atoms with Gasteiger partial charge in [-0.15, -0.1) is 0 Å². The van der Waals surface area contributed by atoms with Crippen molar-refractivity contribution in [1.82, 2.24) is 9.80 Å². The molecule has 114 valence electrons. The van der Waals surface area contributed by atoms with Crippen molar-refractivity contribution >= 4 is 28.4 Å². The van der Waals surface area contributed by atoms with Gasteiger partial charge in [-0.2, -0.15) is 0 Å². The molecule has 1 aromatic carbocycles. The molecule has 2 aliphatic rings. The van der Waals surface area contributed by atoms with Crippen LogP contribution in [0.4, 0.5) is 0 Å². The van der Waals surface area contributed by atoms with E-state index in [9.17, 15) is 0 Å². The Balaban J connectivity index is 1.98. The van der Waals surface area contributed by atoms with Gasteiger partial charge in [0.15, 0.2) is 0 Å². The average Bonchev–Trinajstić information content (AvgIpc) is 2.84. The summed E-state index contributed by atoms with van der Waals surface area (Å²) in [5.41, 5.74) is 2.81. The van der Waals surface area contributed by atoms with Gasteiger partial charge >= 0.3 is 0 Å². The fourth-order valence-electron chi connectivity index (χ4n) is 3.44. The highest BCUT2D eigenvalue weighted by atomic mass is 127. The smallest absolute Gasteiger partial charge is 0.132 e. The maximum absolute atomic E-state index is 5.26. The topological polar surface area (TPSA) is 18.8 Å². The van der Waals surface area contributed by atoms with Crippen LogP contribution in [0.15, 0.2) is 29.3 Å². The SMILES string of the molecule is CCCC1(CI)N=C(N2CCN(C)CC2)c2ccccc21. The number of amidine groups is 1. The maximum atomic E-state index is 5.26. The molecule has 0 saturated carbocycles. The van der Waals surface area contributed by atoms with Gasteiger partial charge in [0.2, 0.25) is 0 Å². The first-order chi connectivity index (χ1) is 10.2. The summed E-state index contributed by atoms with van der Waals surface area (Å²) in [6.07, 6.45) is 2.32. The molecule has 1 aromatic rings. The lowest BCUT2D eigenvalue weighted by Gasteiger charge is -2.34. The van der Waals surface area contributed by atoms with Crippen LogP contribution in [0.3, 0.4) is 0 Å². The van der Waals surface area contributed by atoms with Gasteiger partial charge in [0.25, 0.3) is 0 Å². The van der Waals surface area contributed by atoms with E-state index in [2.05, 4.69) is 70.6 Å². The maximum Gasteiger partial charge on any atom is 0.132 e. The van der Waals surface area contributed by atoms with E-state index in [0.717, 1.165) is 37.0 Å². The Morgan fingerprint density at radius 1 is 1.19 bits per heavy atom. The minimum absolute atomic E-state index is 0.00455. The lowest BCUT2D eigenvalue weighted by molar-refractivity contribution is 0.215. The van der Waals surface area contributed by atoms with Crippen molar-refractivity contribution in [3.63, 3.8) is 0 Å². The fourth-order valence-corrected chi connectivity index (χ4v) is 4.40. The number of likely N-dealkylation sites (N-methyl/N-ethyl adjacent to an activating group) is 1. The molecule has 0 radical (unpaired) electrons. The van der Waals surface area contributed by atoms with Gasteiger partial charge in [0.05, 0.1) is 5.54 Å². The molecule has 1 unspecified atom stereocenters. The van der Waals surface area contributed by atoms with Crippen LogP contribution < -0.4 is 0 Å². The van der Waals surface area contributed by atoms with E-state index in [0.29, 0.717) is 0 Å². The highest BCUT2D eigenvalue weighted by Crippen LogP contribution is 2.41. The van der Waals surface area contributed by atoms with Crippen LogP contribution in [0.2, 0.25) is 0 Å². The monoisotopic (exact) mass is 397 g/mol. The predicted octanol–water partition coefficient (Wildman–Crippen LogP) is 3.12. The molecule has 1 fully saturated rings. The number of hydrogen-bond donors (Lipinski definition) is 0. The van der Waals surface area contributed by atoms with Gasteiger partial charge in [-0.1, -0.05) is 60.2 Å². The molecule has 0 aromatic heterocycles. The first kappa shape index (κ1) is 15.3. The Labute approximate surface area is 141 Å². The lowest BCUT2D eigenvalue weighted by atomic mass is 9.87. The summed E-state index contributed by atoms with van der Waals surface area (Å²) in [7, 11) is 2.20. The summed E-state index contributed by atoms with van der Waals surface area (Å²) >= 11 is 2.51. The molecular formula is C17H24IN3. The van der Waals surface area contributed by atoms with E-state index < -0.39 is 0 Å². The number of fused-ring (bicyclic) bond motifs is 1. The van der Waals surface area contributed by atoms with Gasteiger partial charge in [-0.25, -0.2) is 0 Å². The minimum Gasteiger partial charge on any atom is -0.354 e. The Morgan fingerprint density at radius 3 is 2.57 bits per heavy atom. The summed E-state index contributed by atoms with van der Waals surface area (Å²) in [4.78, 5) is 10.1. The molecule has 21 heavy (non-hydrogen) atoms. The van der Waals surface area contributed by atoms with Crippen LogP contribution in [-0.2, 0) is 5.54 Å². The summed E-state index contributed by atoms with van der Waals surface area (Å²) < 4.78 is 1.06. The van der Waals surface area contributed by atoms with E-state index in [1.54, 1.807) is 0 Å². The van der Waals surface area contributed by atoms with Crippen molar-refractivity contribution < 1.29 is 0 Å². The van der Waals surface area contributed by atoms with Gasteiger partial charge in [0, 0.05) is 36.2 Å². The van der Waals surface area contributed by atoms with Crippen LogP contribution in [-0.4, -0.2) is 53.3 Å². The Morgan fingerprint density at radius 2 is 1.90 bits per heavy atom. The van der Waals surface area contributed by atoms with E-state index in [1.807, 2.05) is 0 Å². The number of piperazine rings is 1. The van der Waals surface area contributed by atoms with Crippen LogP contribution in [0, 0.1) is 0 Å². The standard InChI is InChI=1S/C17H24IN3/c1-3-8-17(13-18)15-7-5-4-6-14(15)16(19-17)21-11-9-20(2)10-12-21/h4-7H,3,8-13H2,1-2H3. The molecule has 0 N–H and O–H groups in total. The Bertz CT molecular complexity index is 535. The average molecular weight is 397 g/mol. The van der Waals surface area contributed by atoms with Crippen molar-refractivity contribution in [3.8, 4) is 0 Å². The molecule has 2 aliphatic heterocycles. The summed E-state index contributed by atoms with van der Waals surface area (Å²) in [6, 6.07) is 8.87. The molecule has 4 heteroatoms. The zero-order valence-corrected chi connectivity index (χ0v) is 15.1. The molecule has 0 spiro atoms. The molecule has 3 rings (SSSR count). The van der Waals surface area contributed by atoms with Crippen molar-refractivity contribution in [2.45, 2.75) is 25.3 Å². The number of alkyl halides is 1. The third-order valence-corrected chi connectivity index (χ3v) is 5.94. The minimum atomic E-state index is 0.00455. The second-order valence-corrected chi connectivity index (χ2v) is 6.95. The largest absolute Gasteiger partial charge is 0.354 e. The van der Waals surface area contributed by atoms with Crippen molar-refractivity contribution in [2.75, 3.05) is 37.7 Å². The zero-order chi connectivity index (χ0) is 14.9. The fraction of sp³-hybridized carbons (Fsp3) is 0.588. The zero-order valence-electron chi connectivity index (χ0n) is 13.0. The van der Waals surface area contributed by atoms with Crippen molar-refractivity contribution in [1.29, 1.82) is 0 Å². The number of halogens is 1. The summed E-state index contributed by atoms with van der Waals surface area (Å²) in [6.45, 7) is 6.71. The van der Waals surface area contributed by atoms with E-state index in [4.69, 9.17) is 4.99 Å². The molecule has 3 nitrogen and oxygen atoms in total. The quantitative estimate of drug-likeness (QED) is 0.577. The number of rotatable bonds is 3. The van der Waals surface area contributed by atoms with Crippen LogP contribution in [0.5, 0.6) is 0 Å². The van der Waals surface area contributed by atoms with E-state index in [-0.39, 0.29) is 5.54 Å². The van der Waals surface area contributed by atoms with Crippen LogP contribution in [0.25, 0.3) is 0 Å². The first-order valence-corrected chi connectivity index (χ1v) is 9.42.